The maximum atomic E-state index is 12.2. The number of methoxy groups -OCH3 is 1. The zero-order valence-corrected chi connectivity index (χ0v) is 26.0. The Morgan fingerprint density at radius 2 is 1.60 bits per heavy atom. The fraction of sp³-hybridized carbons (Fsp3) is 0.486. The molecule has 0 saturated carbocycles. The monoisotopic (exact) mass is 588 g/mol. The van der Waals surface area contributed by atoms with Gasteiger partial charge in [0.05, 0.1) is 13.7 Å². The Morgan fingerprint density at radius 1 is 0.837 bits per heavy atom. The number of hydrogen-bond acceptors (Lipinski definition) is 6. The Labute approximate surface area is 257 Å². The van der Waals surface area contributed by atoms with Crippen LogP contribution in [0.25, 0.3) is 22.3 Å². The van der Waals surface area contributed by atoms with E-state index in [0.29, 0.717) is 24.4 Å². The van der Waals surface area contributed by atoms with Crippen LogP contribution in [0.1, 0.15) is 96.0 Å². The summed E-state index contributed by atoms with van der Waals surface area (Å²) in [5.41, 5.74) is 2.75. The third-order valence-electron chi connectivity index (χ3n) is 7.72. The minimum absolute atomic E-state index is 0.0954. The second kappa shape index (κ2) is 18.1. The molecule has 0 radical (unpaired) electrons. The van der Waals surface area contributed by atoms with E-state index in [2.05, 4.69) is 37.3 Å². The fourth-order valence-corrected chi connectivity index (χ4v) is 5.28. The normalized spacial score (nSPS) is 12.6. The van der Waals surface area contributed by atoms with Crippen LogP contribution >= 0.6 is 0 Å². The average Bonchev–Trinajstić information content (AvgIpc) is 3.67. The van der Waals surface area contributed by atoms with Crippen LogP contribution < -0.4 is 14.2 Å². The van der Waals surface area contributed by atoms with Gasteiger partial charge >= 0.3 is 5.97 Å². The Hall–Kier alpha value is -3.67. The number of carbonyl (C=O) groups is 1. The van der Waals surface area contributed by atoms with Crippen LogP contribution in [-0.2, 0) is 16.0 Å². The van der Waals surface area contributed by atoms with Gasteiger partial charge in [0.25, 0.3) is 0 Å². The van der Waals surface area contributed by atoms with Gasteiger partial charge in [-0.05, 0) is 93.3 Å². The van der Waals surface area contributed by atoms with E-state index in [1.54, 1.807) is 7.11 Å². The van der Waals surface area contributed by atoms with E-state index in [0.717, 1.165) is 72.3 Å². The number of hydrogen-bond donors (Lipinski definition) is 0. The second-order valence-corrected chi connectivity index (χ2v) is 11.2. The quantitative estimate of drug-likeness (QED) is 0.0743. The Morgan fingerprint density at radius 3 is 2.42 bits per heavy atom. The smallest absolute Gasteiger partial charge is 0.305 e. The summed E-state index contributed by atoms with van der Waals surface area (Å²) in [5, 5.41) is 0.973. The van der Waals surface area contributed by atoms with E-state index in [4.69, 9.17) is 23.4 Å². The number of allylic oxidation sites excluding steroid dienone is 4. The number of carbonyl (C=O) groups excluding carboxylic acids is 1. The molecule has 2 aromatic carbocycles. The van der Waals surface area contributed by atoms with Crippen LogP contribution in [0.2, 0.25) is 0 Å². The maximum Gasteiger partial charge on any atom is 0.305 e. The molecule has 232 valence electrons. The van der Waals surface area contributed by atoms with Gasteiger partial charge in [-0.15, -0.1) is 0 Å². The van der Waals surface area contributed by atoms with Gasteiger partial charge in [0.2, 0.25) is 6.79 Å². The molecular formula is C37H48O6. The van der Waals surface area contributed by atoms with Crippen molar-refractivity contribution in [3.8, 4) is 28.6 Å². The van der Waals surface area contributed by atoms with Crippen molar-refractivity contribution in [1.29, 1.82) is 0 Å². The van der Waals surface area contributed by atoms with Gasteiger partial charge in [0.1, 0.15) is 5.76 Å². The van der Waals surface area contributed by atoms with Crippen LogP contribution in [0.3, 0.4) is 0 Å². The summed E-state index contributed by atoms with van der Waals surface area (Å²) in [6.07, 6.45) is 24.1. The molecule has 0 amide bonds. The molecule has 0 unspecified atom stereocenters. The van der Waals surface area contributed by atoms with Crippen molar-refractivity contribution in [2.45, 2.75) is 96.8 Å². The topological polar surface area (TPSA) is 67.1 Å². The Balaban J connectivity index is 1.08. The van der Waals surface area contributed by atoms with Crippen LogP contribution in [0.4, 0.5) is 0 Å². The lowest BCUT2D eigenvalue weighted by Gasteiger charge is -2.07. The largest absolute Gasteiger partial charge is 0.493 e. The molecule has 0 spiro atoms. The molecule has 4 rings (SSSR count). The third-order valence-corrected chi connectivity index (χ3v) is 7.72. The maximum absolute atomic E-state index is 12.2. The number of benzene rings is 2. The zero-order chi connectivity index (χ0) is 30.1. The standard InChI is InChI=1S/C37H48O6/c1-3-4-5-6-7-8-9-10-11-12-13-14-15-16-17-20-36(38)40-23-18-19-29-24-31-27-33(43-37(31)35(25-29)39-2)30-21-22-32-34(26-30)42-28-41-32/h7-8,10-11,21-22,24-27H,3-6,9,12-20,23,28H2,1-2H3/b8-7-,11-10-. The van der Waals surface area contributed by atoms with Crippen LogP contribution in [0.5, 0.6) is 17.2 Å². The molecule has 0 saturated heterocycles. The molecule has 0 atom stereocenters. The first-order valence-electron chi connectivity index (χ1n) is 16.1. The van der Waals surface area contributed by atoms with Crippen LogP contribution in [0, 0.1) is 0 Å². The zero-order valence-electron chi connectivity index (χ0n) is 26.0. The summed E-state index contributed by atoms with van der Waals surface area (Å²) in [4.78, 5) is 12.2. The lowest BCUT2D eigenvalue weighted by atomic mass is 10.1. The molecule has 6 nitrogen and oxygen atoms in total. The molecular weight excluding hydrogens is 540 g/mol. The van der Waals surface area contributed by atoms with Crippen LogP contribution in [-0.4, -0.2) is 26.5 Å². The molecule has 0 fully saturated rings. The first-order valence-corrected chi connectivity index (χ1v) is 16.1. The van der Waals surface area contributed by atoms with E-state index in [1.807, 2.05) is 30.3 Å². The first-order chi connectivity index (χ1) is 21.2. The highest BCUT2D eigenvalue weighted by molar-refractivity contribution is 5.88. The molecule has 1 aromatic heterocycles. The lowest BCUT2D eigenvalue weighted by molar-refractivity contribution is -0.143. The highest BCUT2D eigenvalue weighted by atomic mass is 16.7. The molecule has 3 aromatic rings. The summed E-state index contributed by atoms with van der Waals surface area (Å²) >= 11 is 0. The van der Waals surface area contributed by atoms with Crippen molar-refractivity contribution in [2.24, 2.45) is 0 Å². The van der Waals surface area contributed by atoms with Gasteiger partial charge in [-0.25, -0.2) is 0 Å². The van der Waals surface area contributed by atoms with E-state index < -0.39 is 0 Å². The predicted octanol–water partition coefficient (Wildman–Crippen LogP) is 10.1. The van der Waals surface area contributed by atoms with Crippen molar-refractivity contribution < 1.29 is 28.2 Å². The number of unbranched alkanes of at least 4 members (excludes halogenated alkanes) is 8. The average molecular weight is 589 g/mol. The molecule has 43 heavy (non-hydrogen) atoms. The number of esters is 1. The highest BCUT2D eigenvalue weighted by Crippen LogP contribution is 2.39. The minimum Gasteiger partial charge on any atom is -0.493 e. The van der Waals surface area contributed by atoms with Gasteiger partial charge in [-0.2, -0.15) is 0 Å². The van der Waals surface area contributed by atoms with Crippen molar-refractivity contribution in [1.82, 2.24) is 0 Å². The molecule has 0 bridgehead atoms. The van der Waals surface area contributed by atoms with E-state index in [9.17, 15) is 4.79 Å². The summed E-state index contributed by atoms with van der Waals surface area (Å²) in [7, 11) is 1.65. The molecule has 0 aliphatic carbocycles. The molecule has 1 aliphatic rings. The highest BCUT2D eigenvalue weighted by Gasteiger charge is 2.17. The van der Waals surface area contributed by atoms with Gasteiger partial charge in [-0.1, -0.05) is 63.3 Å². The Bertz CT molecular complexity index is 1330. The van der Waals surface area contributed by atoms with E-state index >= 15 is 0 Å². The van der Waals surface area contributed by atoms with E-state index in [-0.39, 0.29) is 12.8 Å². The molecule has 1 aliphatic heterocycles. The molecule has 0 N–H and O–H groups in total. The van der Waals surface area contributed by atoms with Gasteiger partial charge < -0.3 is 23.4 Å². The number of aryl methyl sites for hydroxylation is 1. The van der Waals surface area contributed by atoms with Gasteiger partial charge in [0.15, 0.2) is 22.8 Å². The SMILES string of the molecule is CCCCC/C=C\C/C=C\CCCCCCCC(=O)OCCCc1cc(OC)c2oc(-c3ccc4c(c3)OCO4)cc2c1. The number of furan rings is 1. The van der Waals surface area contributed by atoms with Gasteiger partial charge in [-0.3, -0.25) is 4.79 Å². The molecule has 6 heteroatoms. The minimum atomic E-state index is -0.0954. The van der Waals surface area contributed by atoms with Crippen LogP contribution in [0.15, 0.2) is 65.1 Å². The van der Waals surface area contributed by atoms with Crippen molar-refractivity contribution >= 4 is 16.9 Å². The van der Waals surface area contributed by atoms with Crippen molar-refractivity contribution in [2.75, 3.05) is 20.5 Å². The Kier molecular flexibility index (Phi) is 13.6. The summed E-state index contributed by atoms with van der Waals surface area (Å²) < 4.78 is 28.2. The number of rotatable bonds is 20. The first kappa shape index (κ1) is 32.2. The van der Waals surface area contributed by atoms with Crippen molar-refractivity contribution in [3.05, 3.63) is 66.3 Å². The summed E-state index contributed by atoms with van der Waals surface area (Å²) in [5.74, 6) is 2.80. The summed E-state index contributed by atoms with van der Waals surface area (Å²) in [6.45, 7) is 2.90. The van der Waals surface area contributed by atoms with Gasteiger partial charge in [0, 0.05) is 17.4 Å². The lowest BCUT2D eigenvalue weighted by Crippen LogP contribution is -2.06. The predicted molar refractivity (Wildman–Crippen MR) is 173 cm³/mol. The van der Waals surface area contributed by atoms with Crippen molar-refractivity contribution in [3.63, 3.8) is 0 Å². The van der Waals surface area contributed by atoms with E-state index in [1.165, 1.54) is 44.9 Å². The summed E-state index contributed by atoms with van der Waals surface area (Å²) in [6, 6.07) is 11.9. The number of ether oxygens (including phenoxy) is 4. The second-order valence-electron chi connectivity index (χ2n) is 11.2. The number of fused-ring (bicyclic) bond motifs is 2. The third kappa shape index (κ3) is 10.5. The molecule has 2 heterocycles. The fourth-order valence-electron chi connectivity index (χ4n) is 5.28.